The number of aryl methyl sites for hydroxylation is 1. The van der Waals surface area contributed by atoms with Crippen LogP contribution in [0, 0.1) is 6.92 Å². The van der Waals surface area contributed by atoms with Crippen LogP contribution in [-0.4, -0.2) is 34.6 Å². The van der Waals surface area contributed by atoms with Gasteiger partial charge in [-0.25, -0.2) is 0 Å². The molecule has 0 spiro atoms. The first-order chi connectivity index (χ1) is 15.2. The predicted molar refractivity (Wildman–Crippen MR) is 136 cm³/mol. The Balaban J connectivity index is 2.13. The van der Waals surface area contributed by atoms with Crippen LogP contribution in [0.4, 0.5) is 0 Å². The van der Waals surface area contributed by atoms with E-state index in [1.54, 1.807) is 11.0 Å². The van der Waals surface area contributed by atoms with Crippen molar-refractivity contribution in [2.75, 3.05) is 5.75 Å². The van der Waals surface area contributed by atoms with Crippen LogP contribution in [0.15, 0.2) is 42.5 Å². The molecule has 1 N–H and O–H groups in total. The molecule has 174 valence electrons. The van der Waals surface area contributed by atoms with Crippen LogP contribution in [0.5, 0.6) is 0 Å². The molecule has 0 aliphatic rings. The maximum Gasteiger partial charge on any atom is 0.243 e. The highest BCUT2D eigenvalue weighted by atomic mass is 35.5. The van der Waals surface area contributed by atoms with Gasteiger partial charge in [-0.2, -0.15) is 0 Å². The van der Waals surface area contributed by atoms with Crippen molar-refractivity contribution in [1.29, 1.82) is 0 Å². The number of benzene rings is 2. The lowest BCUT2D eigenvalue weighted by molar-refractivity contribution is -0.139. The van der Waals surface area contributed by atoms with Gasteiger partial charge in [-0.1, -0.05) is 72.9 Å². The molecule has 0 saturated heterocycles. The number of nitrogens with one attached hydrogen (secondary N) is 1. The Bertz CT molecular complexity index is 905. The van der Waals surface area contributed by atoms with Crippen LogP contribution in [0.3, 0.4) is 0 Å². The number of carbonyl (C=O) groups is 2. The number of hydrogen-bond acceptors (Lipinski definition) is 3. The minimum Gasteiger partial charge on any atom is -0.352 e. The molecule has 0 aromatic heterocycles. The summed E-state index contributed by atoms with van der Waals surface area (Å²) in [5, 5.41) is 4.05. The van der Waals surface area contributed by atoms with Crippen molar-refractivity contribution in [2.45, 2.75) is 64.9 Å². The van der Waals surface area contributed by atoms with Crippen LogP contribution >= 0.6 is 35.0 Å². The Morgan fingerprint density at radius 2 is 1.66 bits per heavy atom. The molecule has 32 heavy (non-hydrogen) atoms. The van der Waals surface area contributed by atoms with Gasteiger partial charge in [-0.3, -0.25) is 9.59 Å². The first-order valence-corrected chi connectivity index (χ1v) is 12.8. The zero-order valence-corrected chi connectivity index (χ0v) is 21.5. The van der Waals surface area contributed by atoms with Gasteiger partial charge in [0, 0.05) is 18.3 Å². The Morgan fingerprint density at radius 1 is 1.00 bits per heavy atom. The fourth-order valence-electron chi connectivity index (χ4n) is 3.22. The largest absolute Gasteiger partial charge is 0.352 e. The lowest BCUT2D eigenvalue weighted by Crippen LogP contribution is -2.51. The fraction of sp³-hybridized carbons (Fsp3) is 0.440. The summed E-state index contributed by atoms with van der Waals surface area (Å²) in [5.41, 5.74) is 3.17. The van der Waals surface area contributed by atoms with Crippen LogP contribution in [-0.2, 0) is 21.9 Å². The van der Waals surface area contributed by atoms with Crippen molar-refractivity contribution in [1.82, 2.24) is 10.2 Å². The third-order valence-corrected chi connectivity index (χ3v) is 7.07. The predicted octanol–water partition coefficient (Wildman–Crippen LogP) is 6.26. The quantitative estimate of drug-likeness (QED) is 0.401. The lowest BCUT2D eigenvalue weighted by Gasteiger charge is -2.31. The van der Waals surface area contributed by atoms with E-state index in [0.717, 1.165) is 23.1 Å². The van der Waals surface area contributed by atoms with Crippen molar-refractivity contribution in [3.63, 3.8) is 0 Å². The summed E-state index contributed by atoms with van der Waals surface area (Å²) in [5.74, 6) is 0.759. The second-order valence-corrected chi connectivity index (χ2v) is 9.79. The van der Waals surface area contributed by atoms with Gasteiger partial charge in [0.25, 0.3) is 0 Å². The first kappa shape index (κ1) is 26.6. The molecule has 0 fully saturated rings. The molecule has 0 saturated carbocycles. The molecule has 4 nitrogen and oxygen atoms in total. The molecule has 7 heteroatoms. The number of hydrogen-bond donors (Lipinski definition) is 1. The second-order valence-electron chi connectivity index (χ2n) is 7.99. The summed E-state index contributed by atoms with van der Waals surface area (Å²) in [6.07, 6.45) is 1.39. The van der Waals surface area contributed by atoms with Crippen LogP contribution in [0.1, 0.15) is 50.3 Å². The Kier molecular flexibility index (Phi) is 10.9. The van der Waals surface area contributed by atoms with Gasteiger partial charge in [0.15, 0.2) is 0 Å². The van der Waals surface area contributed by atoms with Crippen molar-refractivity contribution in [3.8, 4) is 0 Å². The molecule has 0 unspecified atom stereocenters. The molecular weight excluding hydrogens is 463 g/mol. The molecule has 0 radical (unpaired) electrons. The van der Waals surface area contributed by atoms with Crippen molar-refractivity contribution < 1.29 is 9.59 Å². The third kappa shape index (κ3) is 8.02. The molecule has 2 amide bonds. The maximum absolute atomic E-state index is 13.3. The van der Waals surface area contributed by atoms with E-state index in [9.17, 15) is 9.59 Å². The number of halogens is 2. The molecule has 2 rings (SSSR count). The summed E-state index contributed by atoms with van der Waals surface area (Å²) in [4.78, 5) is 27.9. The zero-order chi connectivity index (χ0) is 23.7. The van der Waals surface area contributed by atoms with Gasteiger partial charge >= 0.3 is 0 Å². The van der Waals surface area contributed by atoms with Crippen LogP contribution in [0.25, 0.3) is 0 Å². The standard InChI is InChI=1S/C25H32Cl2N2O2S/c1-5-18(4)28-25(31)23(6-2)29(14-19-9-7-17(3)8-10-19)24(30)16-32-15-20-11-12-21(26)22(27)13-20/h7-13,18,23H,5-6,14-16H2,1-4H3,(H,28,31)/t18-,23+/m1/s1. The molecule has 0 heterocycles. The van der Waals surface area contributed by atoms with E-state index < -0.39 is 6.04 Å². The van der Waals surface area contributed by atoms with Crippen molar-refractivity contribution in [3.05, 3.63) is 69.2 Å². The second kappa shape index (κ2) is 13.1. The van der Waals surface area contributed by atoms with E-state index in [0.29, 0.717) is 28.8 Å². The first-order valence-electron chi connectivity index (χ1n) is 10.9. The Hall–Kier alpha value is -1.69. The van der Waals surface area contributed by atoms with Crippen molar-refractivity contribution in [2.24, 2.45) is 0 Å². The minimum atomic E-state index is -0.511. The molecule has 0 aliphatic carbocycles. The highest BCUT2D eigenvalue weighted by Crippen LogP contribution is 2.25. The highest BCUT2D eigenvalue weighted by molar-refractivity contribution is 7.99. The molecule has 2 aromatic carbocycles. The molecular formula is C25H32Cl2N2O2S. The van der Waals surface area contributed by atoms with Crippen LogP contribution in [0.2, 0.25) is 10.0 Å². The maximum atomic E-state index is 13.3. The third-order valence-electron chi connectivity index (χ3n) is 5.34. The zero-order valence-electron chi connectivity index (χ0n) is 19.2. The van der Waals surface area contributed by atoms with Gasteiger partial charge in [-0.15, -0.1) is 11.8 Å². The number of rotatable bonds is 11. The van der Waals surface area contributed by atoms with E-state index >= 15 is 0 Å². The molecule has 2 atom stereocenters. The molecule has 0 bridgehead atoms. The lowest BCUT2D eigenvalue weighted by atomic mass is 10.1. The van der Waals surface area contributed by atoms with E-state index in [2.05, 4.69) is 5.32 Å². The van der Waals surface area contributed by atoms with Gasteiger partial charge < -0.3 is 10.2 Å². The number of thioether (sulfide) groups is 1. The van der Waals surface area contributed by atoms with Gasteiger partial charge in [0.05, 0.1) is 15.8 Å². The summed E-state index contributed by atoms with van der Waals surface area (Å²) < 4.78 is 0. The summed E-state index contributed by atoms with van der Waals surface area (Å²) in [6, 6.07) is 13.1. The number of amides is 2. The SMILES string of the molecule is CC[C@@H](C)NC(=O)[C@H](CC)N(Cc1ccc(C)cc1)C(=O)CSCc1ccc(Cl)c(Cl)c1. The van der Waals surface area contributed by atoms with E-state index in [1.807, 2.05) is 64.1 Å². The number of nitrogens with zero attached hydrogens (tertiary/aromatic N) is 1. The minimum absolute atomic E-state index is 0.0539. The normalized spacial score (nSPS) is 12.8. The summed E-state index contributed by atoms with van der Waals surface area (Å²) >= 11 is 13.6. The Morgan fingerprint density at radius 3 is 2.25 bits per heavy atom. The van der Waals surface area contributed by atoms with Gasteiger partial charge in [-0.05, 0) is 49.9 Å². The molecule has 0 aliphatic heterocycles. The number of carbonyl (C=O) groups excluding carboxylic acids is 2. The highest BCUT2D eigenvalue weighted by Gasteiger charge is 2.29. The van der Waals surface area contributed by atoms with E-state index in [4.69, 9.17) is 23.2 Å². The van der Waals surface area contributed by atoms with Gasteiger partial charge in [0.1, 0.15) is 6.04 Å². The van der Waals surface area contributed by atoms with Crippen LogP contribution < -0.4 is 5.32 Å². The topological polar surface area (TPSA) is 49.4 Å². The van der Waals surface area contributed by atoms with E-state index in [1.165, 1.54) is 11.8 Å². The molecule has 2 aromatic rings. The van der Waals surface area contributed by atoms with Crippen molar-refractivity contribution >= 4 is 46.8 Å². The fourth-order valence-corrected chi connectivity index (χ4v) is 4.40. The average Bonchev–Trinajstić information content (AvgIpc) is 2.77. The van der Waals surface area contributed by atoms with E-state index in [-0.39, 0.29) is 23.6 Å². The summed E-state index contributed by atoms with van der Waals surface area (Å²) in [7, 11) is 0. The summed E-state index contributed by atoms with van der Waals surface area (Å²) in [6.45, 7) is 8.38. The smallest absolute Gasteiger partial charge is 0.243 e. The van der Waals surface area contributed by atoms with Gasteiger partial charge in [0.2, 0.25) is 11.8 Å². The Labute approximate surface area is 206 Å². The average molecular weight is 496 g/mol. The monoisotopic (exact) mass is 494 g/mol.